The summed E-state index contributed by atoms with van der Waals surface area (Å²) in [4.78, 5) is 22.9. The zero-order valence-electron chi connectivity index (χ0n) is 11.8. The highest BCUT2D eigenvalue weighted by Crippen LogP contribution is 2.60. The Hall–Kier alpha value is -1.63. The quantitative estimate of drug-likeness (QED) is 0.760. The fourth-order valence-electron chi connectivity index (χ4n) is 3.20. The Labute approximate surface area is 112 Å². The largest absolute Gasteiger partial charge is 0.492 e. The number of hydrogen-bond acceptors (Lipinski definition) is 4. The molecule has 102 valence electrons. The molecule has 1 aliphatic rings. The summed E-state index contributed by atoms with van der Waals surface area (Å²) in [7, 11) is 1.41. The van der Waals surface area contributed by atoms with Gasteiger partial charge in [-0.1, -0.05) is 20.8 Å². The third-order valence-corrected chi connectivity index (χ3v) is 4.63. The first-order chi connectivity index (χ1) is 8.89. The molecule has 2 rings (SSSR count). The highest BCUT2D eigenvalue weighted by Gasteiger charge is 2.57. The monoisotopic (exact) mass is 261 g/mol. The van der Waals surface area contributed by atoms with E-state index in [1.54, 1.807) is 0 Å². The molecule has 4 heteroatoms. The Morgan fingerprint density at radius 1 is 1.37 bits per heavy atom. The number of nitrogens with zero attached hydrogens (tertiary/aromatic N) is 1. The molecule has 1 aliphatic carbocycles. The van der Waals surface area contributed by atoms with Gasteiger partial charge in [-0.3, -0.25) is 9.59 Å². The van der Waals surface area contributed by atoms with E-state index in [1.807, 2.05) is 6.92 Å². The molecule has 4 nitrogen and oxygen atoms in total. The van der Waals surface area contributed by atoms with Crippen molar-refractivity contribution in [2.45, 2.75) is 39.5 Å². The number of ether oxygens (including phenoxy) is 1. The first-order valence-electron chi connectivity index (χ1n) is 6.67. The van der Waals surface area contributed by atoms with Gasteiger partial charge in [0.05, 0.1) is 24.2 Å². The number of rotatable bonds is 5. The zero-order valence-corrected chi connectivity index (χ0v) is 11.8. The second-order valence-corrected chi connectivity index (χ2v) is 5.95. The van der Waals surface area contributed by atoms with Crippen LogP contribution >= 0.6 is 0 Å². The molecular weight excluding hydrogens is 242 g/mol. The van der Waals surface area contributed by atoms with Crippen molar-refractivity contribution in [3.05, 3.63) is 26.0 Å². The van der Waals surface area contributed by atoms with Gasteiger partial charge in [0.1, 0.15) is 0 Å². The van der Waals surface area contributed by atoms with Gasteiger partial charge in [0.15, 0.2) is 5.75 Å². The summed E-state index contributed by atoms with van der Waals surface area (Å²) >= 11 is 0. The van der Waals surface area contributed by atoms with Crippen molar-refractivity contribution < 1.29 is 4.74 Å². The van der Waals surface area contributed by atoms with Crippen molar-refractivity contribution in [3.8, 4) is 11.8 Å². The lowest BCUT2D eigenvalue weighted by molar-refractivity contribution is 0.377. The van der Waals surface area contributed by atoms with Gasteiger partial charge in [-0.15, -0.1) is 0 Å². The maximum atomic E-state index is 11.6. The number of methoxy groups -OCH3 is 1. The van der Waals surface area contributed by atoms with E-state index in [4.69, 9.17) is 4.74 Å². The Kier molecular flexibility index (Phi) is 3.25. The van der Waals surface area contributed by atoms with Crippen molar-refractivity contribution in [3.63, 3.8) is 0 Å². The minimum Gasteiger partial charge on any atom is -0.492 e. The molecular formula is C15H19NO3. The first-order valence-corrected chi connectivity index (χ1v) is 6.67. The predicted octanol–water partition coefficient (Wildman–Crippen LogP) is 1.97. The van der Waals surface area contributed by atoms with Gasteiger partial charge in [0.2, 0.25) is 5.43 Å². The Balaban J connectivity index is 2.11. The van der Waals surface area contributed by atoms with Crippen LogP contribution in [0.1, 0.15) is 45.1 Å². The predicted molar refractivity (Wildman–Crippen MR) is 71.9 cm³/mol. The molecule has 0 aliphatic heterocycles. The Bertz CT molecular complexity index is 604. The molecule has 1 aromatic carbocycles. The molecule has 1 fully saturated rings. The van der Waals surface area contributed by atoms with Crippen LogP contribution in [0.4, 0.5) is 0 Å². The molecule has 3 atom stereocenters. The number of hydrogen-bond donors (Lipinski definition) is 0. The third kappa shape index (κ3) is 1.88. The van der Waals surface area contributed by atoms with E-state index in [0.717, 1.165) is 12.8 Å². The van der Waals surface area contributed by atoms with Crippen LogP contribution in [-0.2, 0) is 0 Å². The van der Waals surface area contributed by atoms with E-state index in [2.05, 4.69) is 19.9 Å². The fourth-order valence-corrected chi connectivity index (χ4v) is 3.20. The zero-order chi connectivity index (χ0) is 14.4. The van der Waals surface area contributed by atoms with Gasteiger partial charge in [0, 0.05) is 0 Å². The normalized spacial score (nSPS) is 27.3. The third-order valence-electron chi connectivity index (χ3n) is 4.63. The summed E-state index contributed by atoms with van der Waals surface area (Å²) < 4.78 is 4.97. The molecule has 0 saturated heterocycles. The van der Waals surface area contributed by atoms with E-state index in [0.29, 0.717) is 17.4 Å². The van der Waals surface area contributed by atoms with Crippen LogP contribution in [0.15, 0.2) is 9.59 Å². The lowest BCUT2D eigenvalue weighted by atomic mass is 9.85. The van der Waals surface area contributed by atoms with Crippen LogP contribution < -0.4 is 15.6 Å². The molecule has 19 heavy (non-hydrogen) atoms. The van der Waals surface area contributed by atoms with Crippen LogP contribution in [0.5, 0.6) is 5.75 Å². The molecule has 0 heterocycles. The summed E-state index contributed by atoms with van der Waals surface area (Å²) in [6.07, 6.45) is 1.66. The van der Waals surface area contributed by atoms with Crippen molar-refractivity contribution in [1.29, 1.82) is 5.26 Å². The molecule has 0 N–H and O–H groups in total. The summed E-state index contributed by atoms with van der Waals surface area (Å²) in [5.41, 5.74) is -0.665. The van der Waals surface area contributed by atoms with Crippen molar-refractivity contribution in [1.82, 2.24) is 0 Å². The smallest absolute Gasteiger partial charge is 0.268 e. The van der Waals surface area contributed by atoms with E-state index >= 15 is 0 Å². The van der Waals surface area contributed by atoms with Crippen molar-refractivity contribution in [2.75, 3.05) is 7.11 Å². The lowest BCUT2D eigenvalue weighted by Gasteiger charge is -2.18. The number of nitriles is 1. The second kappa shape index (κ2) is 4.48. The van der Waals surface area contributed by atoms with E-state index < -0.39 is 10.9 Å². The molecule has 0 amide bonds. The minimum absolute atomic E-state index is 0.0147. The molecule has 1 saturated carbocycles. The average Bonchev–Trinajstić information content (AvgIpc) is 3.08. The van der Waals surface area contributed by atoms with Gasteiger partial charge in [-0.05, 0) is 30.6 Å². The topological polar surface area (TPSA) is 67.2 Å². The maximum Gasteiger partial charge on any atom is 0.268 e. The van der Waals surface area contributed by atoms with Gasteiger partial charge >= 0.3 is 0 Å². The van der Waals surface area contributed by atoms with Crippen LogP contribution in [0.3, 0.4) is 0 Å². The van der Waals surface area contributed by atoms with Crippen LogP contribution in [-0.4, -0.2) is 7.11 Å². The Morgan fingerprint density at radius 3 is 2.42 bits per heavy atom. The minimum atomic E-state index is -0.518. The summed E-state index contributed by atoms with van der Waals surface area (Å²) in [6, 6.07) is 2.43. The second-order valence-electron chi connectivity index (χ2n) is 5.95. The molecule has 3 unspecified atom stereocenters. The van der Waals surface area contributed by atoms with Crippen LogP contribution in [0, 0.1) is 28.6 Å². The van der Waals surface area contributed by atoms with Gasteiger partial charge in [-0.2, -0.15) is 5.26 Å². The summed E-state index contributed by atoms with van der Waals surface area (Å²) in [6.45, 7) is 6.05. The maximum absolute atomic E-state index is 11.6. The Morgan fingerprint density at radius 2 is 2.00 bits per heavy atom. The molecule has 0 spiro atoms. The molecule has 1 aromatic rings. The van der Waals surface area contributed by atoms with E-state index in [1.165, 1.54) is 7.11 Å². The molecule has 0 aromatic heterocycles. The summed E-state index contributed by atoms with van der Waals surface area (Å²) in [5, 5.41) is 9.30. The first kappa shape index (κ1) is 13.8. The van der Waals surface area contributed by atoms with Crippen LogP contribution in [0.2, 0.25) is 0 Å². The van der Waals surface area contributed by atoms with Gasteiger partial charge < -0.3 is 4.74 Å². The lowest BCUT2D eigenvalue weighted by Crippen LogP contribution is -2.37. The van der Waals surface area contributed by atoms with Crippen LogP contribution in [0.25, 0.3) is 0 Å². The van der Waals surface area contributed by atoms with Gasteiger partial charge in [0.25, 0.3) is 5.43 Å². The fraction of sp³-hybridized carbons (Fsp3) is 0.667. The summed E-state index contributed by atoms with van der Waals surface area (Å²) in [5.74, 6) is 0.843. The van der Waals surface area contributed by atoms with Crippen molar-refractivity contribution >= 4 is 0 Å². The van der Waals surface area contributed by atoms with Crippen molar-refractivity contribution in [2.24, 2.45) is 17.3 Å². The standard InChI is InChI=1S/C15H19NO3/c1-8(2)15(7-16)6-10(15)5-9(3)11-12(17)13(18)14(11)19-4/h8-10H,5-6H2,1-4H3. The molecule has 0 radical (unpaired) electrons. The van der Waals surface area contributed by atoms with E-state index in [-0.39, 0.29) is 17.1 Å². The highest BCUT2D eigenvalue weighted by atomic mass is 16.5. The average molecular weight is 261 g/mol. The highest BCUT2D eigenvalue weighted by molar-refractivity contribution is 5.42. The van der Waals surface area contributed by atoms with Gasteiger partial charge in [-0.25, -0.2) is 0 Å². The SMILES string of the molecule is COc1c(C(C)CC2CC2(C#N)C(C)C)c(=O)c1=O. The van der Waals surface area contributed by atoms with E-state index in [9.17, 15) is 14.9 Å². The molecule has 0 bridgehead atoms.